The number of hydrogen-bond donors (Lipinski definition) is 1. The molecular formula is C20H20N2O3S2. The lowest BCUT2D eigenvalue weighted by molar-refractivity contribution is -0.147. The monoisotopic (exact) mass is 400 g/mol. The van der Waals surface area contributed by atoms with Crippen molar-refractivity contribution in [1.29, 1.82) is 0 Å². The van der Waals surface area contributed by atoms with Gasteiger partial charge in [-0.05, 0) is 31.2 Å². The molecule has 7 heteroatoms. The van der Waals surface area contributed by atoms with Crippen LogP contribution in [0.3, 0.4) is 0 Å². The lowest BCUT2D eigenvalue weighted by atomic mass is 9.98. The molecule has 2 aromatic heterocycles. The number of carbonyl (C=O) groups excluding carboxylic acids is 1. The third kappa shape index (κ3) is 4.25. The smallest absolute Gasteiger partial charge is 0.316 e. The number of nitrogens with one attached hydrogen (secondary N) is 1. The largest absolute Gasteiger partial charge is 0.462 e. The maximum absolute atomic E-state index is 12.6. The standard InChI is InChI=1S/C20H20N2O3S2/c23-16(25-14-9-5-2-6-10-14)12-27-20-21-18(24)17-15(11-26-19(17)22-20)13-7-3-1-4-8-13/h1,3-4,7-8,11,14H,2,5-6,9-10,12H2,(H,21,22,24). The number of hydrogen-bond acceptors (Lipinski definition) is 6. The van der Waals surface area contributed by atoms with E-state index < -0.39 is 0 Å². The zero-order valence-corrected chi connectivity index (χ0v) is 16.4. The van der Waals surface area contributed by atoms with E-state index in [-0.39, 0.29) is 23.4 Å². The molecule has 0 saturated heterocycles. The van der Waals surface area contributed by atoms with Crippen molar-refractivity contribution in [2.45, 2.75) is 43.4 Å². The van der Waals surface area contributed by atoms with Gasteiger partial charge in [-0.3, -0.25) is 9.59 Å². The van der Waals surface area contributed by atoms with E-state index in [9.17, 15) is 9.59 Å². The van der Waals surface area contributed by atoms with Crippen LogP contribution in [-0.2, 0) is 9.53 Å². The van der Waals surface area contributed by atoms with Crippen LogP contribution in [0.2, 0.25) is 0 Å². The second-order valence-corrected chi connectivity index (χ2v) is 8.43. The van der Waals surface area contributed by atoms with Crippen LogP contribution < -0.4 is 5.56 Å². The SMILES string of the molecule is O=C(CSc1nc2scc(-c3ccccc3)c2c(=O)[nH]1)OC1CCCCC1. The molecule has 0 unspecified atom stereocenters. The van der Waals surface area contributed by atoms with Crippen molar-refractivity contribution in [3.05, 3.63) is 46.1 Å². The molecule has 0 spiro atoms. The van der Waals surface area contributed by atoms with Crippen LogP contribution >= 0.6 is 23.1 Å². The molecule has 0 radical (unpaired) electrons. The fraction of sp³-hybridized carbons (Fsp3) is 0.350. The van der Waals surface area contributed by atoms with Gasteiger partial charge in [-0.1, -0.05) is 48.5 Å². The summed E-state index contributed by atoms with van der Waals surface area (Å²) in [5.74, 6) is -0.0900. The summed E-state index contributed by atoms with van der Waals surface area (Å²) in [7, 11) is 0. The minimum atomic E-state index is -0.245. The molecule has 140 valence electrons. The zero-order chi connectivity index (χ0) is 18.6. The van der Waals surface area contributed by atoms with E-state index in [0.717, 1.165) is 36.8 Å². The van der Waals surface area contributed by atoms with Crippen molar-refractivity contribution in [1.82, 2.24) is 9.97 Å². The fourth-order valence-electron chi connectivity index (χ4n) is 3.36. The van der Waals surface area contributed by atoms with Crippen LogP contribution in [0.15, 0.2) is 45.7 Å². The average molecular weight is 401 g/mol. The first-order valence-corrected chi connectivity index (χ1v) is 11.0. The van der Waals surface area contributed by atoms with Crippen molar-refractivity contribution >= 4 is 39.3 Å². The molecule has 0 aliphatic heterocycles. The summed E-state index contributed by atoms with van der Waals surface area (Å²) in [6, 6.07) is 9.79. The molecule has 1 aromatic carbocycles. The van der Waals surface area contributed by atoms with Gasteiger partial charge in [0, 0.05) is 10.9 Å². The highest BCUT2D eigenvalue weighted by molar-refractivity contribution is 7.99. The number of esters is 1. The predicted octanol–water partition coefficient (Wildman–Crippen LogP) is 4.62. The summed E-state index contributed by atoms with van der Waals surface area (Å²) in [6.07, 6.45) is 5.42. The molecule has 4 rings (SSSR count). The molecule has 27 heavy (non-hydrogen) atoms. The zero-order valence-electron chi connectivity index (χ0n) is 14.8. The van der Waals surface area contributed by atoms with Gasteiger partial charge in [0.25, 0.3) is 5.56 Å². The van der Waals surface area contributed by atoms with Gasteiger partial charge in [-0.15, -0.1) is 11.3 Å². The molecule has 0 bridgehead atoms. The number of fused-ring (bicyclic) bond motifs is 1. The second kappa shape index (κ2) is 8.27. The Morgan fingerprint density at radius 2 is 2.00 bits per heavy atom. The summed E-state index contributed by atoms with van der Waals surface area (Å²) in [4.78, 5) is 32.7. The Labute approximate surface area is 165 Å². The van der Waals surface area contributed by atoms with Gasteiger partial charge in [-0.2, -0.15) is 0 Å². The van der Waals surface area contributed by atoms with Gasteiger partial charge >= 0.3 is 5.97 Å². The van der Waals surface area contributed by atoms with Crippen molar-refractivity contribution in [2.75, 3.05) is 5.75 Å². The Kier molecular flexibility index (Phi) is 5.59. The van der Waals surface area contributed by atoms with Gasteiger partial charge in [0.1, 0.15) is 10.9 Å². The Morgan fingerprint density at radius 3 is 2.78 bits per heavy atom. The number of H-pyrrole nitrogens is 1. The number of ether oxygens (including phenoxy) is 1. The first-order valence-electron chi connectivity index (χ1n) is 9.10. The van der Waals surface area contributed by atoms with Gasteiger partial charge in [-0.25, -0.2) is 4.98 Å². The first-order chi connectivity index (χ1) is 13.2. The van der Waals surface area contributed by atoms with Gasteiger partial charge in [0.05, 0.1) is 11.1 Å². The number of benzene rings is 1. The van der Waals surface area contributed by atoms with Gasteiger partial charge in [0.15, 0.2) is 5.16 Å². The van der Waals surface area contributed by atoms with E-state index >= 15 is 0 Å². The van der Waals surface area contributed by atoms with Crippen LogP contribution in [0.5, 0.6) is 0 Å². The molecule has 1 aliphatic carbocycles. The highest BCUT2D eigenvalue weighted by Gasteiger charge is 2.18. The highest BCUT2D eigenvalue weighted by atomic mass is 32.2. The summed E-state index contributed by atoms with van der Waals surface area (Å²) < 4.78 is 5.52. The Bertz CT molecular complexity index is 991. The van der Waals surface area contributed by atoms with E-state index in [0.29, 0.717) is 15.4 Å². The van der Waals surface area contributed by atoms with E-state index in [1.165, 1.54) is 29.5 Å². The number of aromatic nitrogens is 2. The topological polar surface area (TPSA) is 72.0 Å². The molecule has 0 atom stereocenters. The number of rotatable bonds is 5. The van der Waals surface area contributed by atoms with Crippen LogP contribution in [0.1, 0.15) is 32.1 Å². The lowest BCUT2D eigenvalue weighted by Gasteiger charge is -2.21. The molecule has 5 nitrogen and oxygen atoms in total. The molecule has 0 amide bonds. The van der Waals surface area contributed by atoms with E-state index in [2.05, 4.69) is 9.97 Å². The minimum Gasteiger partial charge on any atom is -0.462 e. The summed E-state index contributed by atoms with van der Waals surface area (Å²) >= 11 is 2.66. The van der Waals surface area contributed by atoms with E-state index in [1.807, 2.05) is 35.7 Å². The Hall–Kier alpha value is -2.12. The van der Waals surface area contributed by atoms with Crippen molar-refractivity contribution < 1.29 is 9.53 Å². The van der Waals surface area contributed by atoms with Gasteiger partial charge < -0.3 is 9.72 Å². The maximum atomic E-state index is 12.6. The van der Waals surface area contributed by atoms with Crippen molar-refractivity contribution in [2.24, 2.45) is 0 Å². The molecule has 1 aliphatic rings. The highest BCUT2D eigenvalue weighted by Crippen LogP contribution is 2.31. The quantitative estimate of drug-likeness (QED) is 0.384. The number of carbonyl (C=O) groups is 1. The summed E-state index contributed by atoms with van der Waals surface area (Å²) in [5, 5.41) is 3.00. The van der Waals surface area contributed by atoms with Gasteiger partial charge in [0.2, 0.25) is 0 Å². The predicted molar refractivity (Wildman–Crippen MR) is 109 cm³/mol. The Morgan fingerprint density at radius 1 is 1.22 bits per heavy atom. The summed E-state index contributed by atoms with van der Waals surface area (Å²) in [5.41, 5.74) is 1.70. The molecular weight excluding hydrogens is 380 g/mol. The van der Waals surface area contributed by atoms with Crippen LogP contribution in [0.4, 0.5) is 0 Å². The fourth-order valence-corrected chi connectivity index (χ4v) is 5.01. The van der Waals surface area contributed by atoms with Crippen molar-refractivity contribution in [3.63, 3.8) is 0 Å². The molecule has 1 N–H and O–H groups in total. The molecule has 1 fully saturated rings. The maximum Gasteiger partial charge on any atom is 0.316 e. The van der Waals surface area contributed by atoms with Crippen LogP contribution in [0.25, 0.3) is 21.3 Å². The van der Waals surface area contributed by atoms with E-state index in [1.54, 1.807) is 0 Å². The third-order valence-corrected chi connectivity index (χ3v) is 6.40. The number of nitrogens with zero attached hydrogens (tertiary/aromatic N) is 1. The van der Waals surface area contributed by atoms with Crippen LogP contribution in [-0.4, -0.2) is 27.8 Å². The number of thiophene rings is 1. The second-order valence-electron chi connectivity index (χ2n) is 6.61. The molecule has 3 aromatic rings. The molecule has 2 heterocycles. The normalized spacial score (nSPS) is 15.1. The van der Waals surface area contributed by atoms with E-state index in [4.69, 9.17) is 4.74 Å². The first kappa shape index (κ1) is 18.3. The Balaban J connectivity index is 1.47. The number of thioether (sulfide) groups is 1. The van der Waals surface area contributed by atoms with Crippen molar-refractivity contribution in [3.8, 4) is 11.1 Å². The molecule has 1 saturated carbocycles. The lowest BCUT2D eigenvalue weighted by Crippen LogP contribution is -2.22. The number of aromatic amines is 1. The summed E-state index contributed by atoms with van der Waals surface area (Å²) in [6.45, 7) is 0. The third-order valence-electron chi connectivity index (χ3n) is 4.68. The van der Waals surface area contributed by atoms with Crippen LogP contribution in [0, 0.1) is 0 Å². The minimum absolute atomic E-state index is 0.0482. The average Bonchev–Trinajstić information content (AvgIpc) is 3.12.